The number of nitrogens with zero attached hydrogens (tertiary/aromatic N) is 3. The highest BCUT2D eigenvalue weighted by atomic mass is 35.5. The van der Waals surface area contributed by atoms with Crippen molar-refractivity contribution in [2.24, 2.45) is 0 Å². The average Bonchev–Trinajstić information content (AvgIpc) is 2.77. The molecule has 0 saturated carbocycles. The summed E-state index contributed by atoms with van der Waals surface area (Å²) < 4.78 is 2.00. The summed E-state index contributed by atoms with van der Waals surface area (Å²) in [5.74, 6) is 1.87. The predicted molar refractivity (Wildman–Crippen MR) is 87.1 cm³/mol. The second-order valence-corrected chi connectivity index (χ2v) is 5.73. The van der Waals surface area contributed by atoms with E-state index in [1.54, 1.807) is 0 Å². The van der Waals surface area contributed by atoms with Crippen molar-refractivity contribution in [3.63, 3.8) is 0 Å². The van der Waals surface area contributed by atoms with Gasteiger partial charge in [-0.05, 0) is 53.6 Å². The molecule has 118 valence electrons. The van der Waals surface area contributed by atoms with Crippen molar-refractivity contribution in [1.29, 1.82) is 0 Å². The third-order valence-corrected chi connectivity index (χ3v) is 3.78. The molecule has 5 nitrogen and oxygen atoms in total. The maximum absolute atomic E-state index is 4.37. The van der Waals surface area contributed by atoms with Crippen LogP contribution in [0.1, 0.15) is 38.3 Å². The smallest absolute Gasteiger partial charge is 0.147 e. The Morgan fingerprint density at radius 3 is 2.55 bits per heavy atom. The summed E-state index contributed by atoms with van der Waals surface area (Å²) in [6.07, 6.45) is 2.31. The molecule has 0 radical (unpaired) electrons. The lowest BCUT2D eigenvalue weighted by Gasteiger charge is -2.28. The van der Waals surface area contributed by atoms with Crippen molar-refractivity contribution in [2.75, 3.05) is 13.1 Å². The van der Waals surface area contributed by atoms with Crippen molar-refractivity contribution in [1.82, 2.24) is 25.4 Å². The second kappa shape index (κ2) is 8.17. The summed E-state index contributed by atoms with van der Waals surface area (Å²) in [6, 6.07) is 0.580. The van der Waals surface area contributed by atoms with Crippen LogP contribution in [0, 0.1) is 13.8 Å². The number of aryl methyl sites for hydroxylation is 3. The Morgan fingerprint density at radius 1 is 1.35 bits per heavy atom. The molecule has 1 atom stereocenters. The van der Waals surface area contributed by atoms with Crippen LogP contribution < -0.4 is 10.6 Å². The van der Waals surface area contributed by atoms with Gasteiger partial charge in [0.1, 0.15) is 11.6 Å². The summed E-state index contributed by atoms with van der Waals surface area (Å²) in [5.41, 5.74) is 0.222. The van der Waals surface area contributed by atoms with Crippen molar-refractivity contribution in [2.45, 2.75) is 58.7 Å². The summed E-state index contributed by atoms with van der Waals surface area (Å²) in [6.45, 7) is 11.6. The summed E-state index contributed by atoms with van der Waals surface area (Å²) in [5, 5.41) is 11.5. The highest BCUT2D eigenvalue weighted by Gasteiger charge is 2.33. The Bertz CT molecular complexity index is 405. The first-order chi connectivity index (χ1) is 8.49. The van der Waals surface area contributed by atoms with Crippen LogP contribution in [0.2, 0.25) is 0 Å². The number of halogens is 2. The number of nitrogens with one attached hydrogen (secondary N) is 2. The lowest BCUT2D eigenvalue weighted by atomic mass is 9.97. The summed E-state index contributed by atoms with van der Waals surface area (Å²) in [4.78, 5) is 4.31. The zero-order valence-corrected chi connectivity index (χ0v) is 14.4. The Hall–Kier alpha value is -0.360. The molecule has 2 heterocycles. The van der Waals surface area contributed by atoms with Gasteiger partial charge in [0.2, 0.25) is 0 Å². The molecule has 1 aliphatic rings. The fourth-order valence-electron chi connectivity index (χ4n) is 2.66. The van der Waals surface area contributed by atoms with E-state index in [1.807, 2.05) is 18.5 Å². The third kappa shape index (κ3) is 4.88. The van der Waals surface area contributed by atoms with Crippen LogP contribution in [-0.2, 0) is 6.54 Å². The van der Waals surface area contributed by atoms with Crippen LogP contribution in [0.3, 0.4) is 0 Å². The van der Waals surface area contributed by atoms with E-state index in [4.69, 9.17) is 0 Å². The highest BCUT2D eigenvalue weighted by Crippen LogP contribution is 2.18. The zero-order valence-electron chi connectivity index (χ0n) is 12.8. The molecule has 0 amide bonds. The predicted octanol–water partition coefficient (Wildman–Crippen LogP) is 1.86. The van der Waals surface area contributed by atoms with Crippen LogP contribution in [0.15, 0.2) is 0 Å². The molecule has 20 heavy (non-hydrogen) atoms. The minimum Gasteiger partial charge on any atom is -0.312 e. The Balaban J connectivity index is 0.00000180. The maximum atomic E-state index is 4.37. The van der Waals surface area contributed by atoms with Crippen LogP contribution in [0.4, 0.5) is 0 Å². The number of rotatable bonds is 5. The van der Waals surface area contributed by atoms with Gasteiger partial charge in [0.25, 0.3) is 0 Å². The monoisotopic (exact) mass is 323 g/mol. The molecule has 0 spiro atoms. The molecule has 1 aliphatic heterocycles. The number of hydrogen-bond acceptors (Lipinski definition) is 4. The van der Waals surface area contributed by atoms with Crippen LogP contribution in [0.5, 0.6) is 0 Å². The van der Waals surface area contributed by atoms with E-state index in [0.717, 1.165) is 37.7 Å². The number of hydrogen-bond donors (Lipinski definition) is 2. The molecule has 1 aromatic rings. The van der Waals surface area contributed by atoms with Gasteiger partial charge in [-0.2, -0.15) is 5.10 Å². The van der Waals surface area contributed by atoms with Crippen molar-refractivity contribution in [3.05, 3.63) is 11.6 Å². The minimum atomic E-state index is 0. The molecular formula is C13H27Cl2N5. The Morgan fingerprint density at radius 2 is 2.05 bits per heavy atom. The van der Waals surface area contributed by atoms with Crippen molar-refractivity contribution >= 4 is 24.8 Å². The second-order valence-electron chi connectivity index (χ2n) is 5.73. The molecule has 1 unspecified atom stereocenters. The lowest BCUT2D eigenvalue weighted by Crippen LogP contribution is -2.49. The van der Waals surface area contributed by atoms with E-state index in [1.165, 1.54) is 6.42 Å². The molecule has 1 saturated heterocycles. The van der Waals surface area contributed by atoms with E-state index in [2.05, 4.69) is 34.6 Å². The quantitative estimate of drug-likeness (QED) is 0.812. The van der Waals surface area contributed by atoms with Crippen LogP contribution in [0.25, 0.3) is 0 Å². The summed E-state index contributed by atoms with van der Waals surface area (Å²) in [7, 11) is 0. The first-order valence-corrected chi connectivity index (χ1v) is 6.85. The minimum absolute atomic E-state index is 0. The molecule has 0 aromatic carbocycles. The van der Waals surface area contributed by atoms with Gasteiger partial charge >= 0.3 is 0 Å². The van der Waals surface area contributed by atoms with Gasteiger partial charge in [-0.1, -0.05) is 0 Å². The molecule has 1 fully saturated rings. The normalized spacial score (nSPS) is 20.3. The van der Waals surface area contributed by atoms with E-state index < -0.39 is 0 Å². The topological polar surface area (TPSA) is 54.8 Å². The van der Waals surface area contributed by atoms with Gasteiger partial charge < -0.3 is 10.6 Å². The fourth-order valence-corrected chi connectivity index (χ4v) is 2.66. The first kappa shape index (κ1) is 19.6. The van der Waals surface area contributed by atoms with Gasteiger partial charge in [-0.3, -0.25) is 4.68 Å². The van der Waals surface area contributed by atoms with E-state index in [-0.39, 0.29) is 30.4 Å². The van der Waals surface area contributed by atoms with E-state index in [0.29, 0.717) is 6.04 Å². The largest absolute Gasteiger partial charge is 0.312 e. The zero-order chi connectivity index (χ0) is 13.2. The van der Waals surface area contributed by atoms with Gasteiger partial charge in [-0.15, -0.1) is 24.8 Å². The molecule has 1 aromatic heterocycles. The van der Waals surface area contributed by atoms with Gasteiger partial charge in [0, 0.05) is 18.1 Å². The fraction of sp³-hybridized carbons (Fsp3) is 0.846. The average molecular weight is 324 g/mol. The Kier molecular flexibility index (Phi) is 8.03. The highest BCUT2D eigenvalue weighted by molar-refractivity contribution is 5.85. The number of aromatic nitrogens is 3. The van der Waals surface area contributed by atoms with E-state index >= 15 is 0 Å². The molecule has 0 aliphatic carbocycles. The van der Waals surface area contributed by atoms with Crippen LogP contribution >= 0.6 is 24.8 Å². The van der Waals surface area contributed by atoms with Gasteiger partial charge in [-0.25, -0.2) is 4.98 Å². The molecular weight excluding hydrogens is 297 g/mol. The summed E-state index contributed by atoms with van der Waals surface area (Å²) >= 11 is 0. The van der Waals surface area contributed by atoms with Crippen molar-refractivity contribution in [3.8, 4) is 0 Å². The third-order valence-electron chi connectivity index (χ3n) is 3.78. The lowest BCUT2D eigenvalue weighted by molar-refractivity contribution is 0.346. The molecule has 0 bridgehead atoms. The van der Waals surface area contributed by atoms with Crippen molar-refractivity contribution < 1.29 is 0 Å². The van der Waals surface area contributed by atoms with Gasteiger partial charge in [0.05, 0.1) is 0 Å². The van der Waals surface area contributed by atoms with Crippen LogP contribution in [-0.4, -0.2) is 39.4 Å². The Labute approximate surface area is 134 Å². The maximum Gasteiger partial charge on any atom is 0.147 e. The molecule has 2 rings (SSSR count). The SMILES string of the molecule is Cc1nc(C)n(CCCNC2CCNC2(C)C)n1.Cl.Cl. The van der Waals surface area contributed by atoms with Gasteiger partial charge in [0.15, 0.2) is 0 Å². The first-order valence-electron chi connectivity index (χ1n) is 6.85. The van der Waals surface area contributed by atoms with E-state index in [9.17, 15) is 0 Å². The molecule has 7 heteroatoms. The standard InChI is InChI=1S/C13H25N5.2ClH/c1-10-16-11(2)18(17-10)9-5-7-14-12-6-8-15-13(12,3)4;;/h12,14-15H,5-9H2,1-4H3;2*1H. The molecule has 2 N–H and O–H groups in total.